The summed E-state index contributed by atoms with van der Waals surface area (Å²) in [6.45, 7) is 10.1. The number of anilines is 1. The minimum atomic E-state index is -3.68. The van der Waals surface area contributed by atoms with Crippen LogP contribution in [-0.2, 0) is 37.3 Å². The van der Waals surface area contributed by atoms with E-state index < -0.39 is 56.6 Å². The van der Waals surface area contributed by atoms with Crippen LogP contribution in [-0.4, -0.2) is 83.4 Å². The number of nitrogens with one attached hydrogen (secondary N) is 3. The summed E-state index contributed by atoms with van der Waals surface area (Å²) in [5.41, 5.74) is 1.45. The number of amides is 4. The van der Waals surface area contributed by atoms with E-state index in [0.29, 0.717) is 22.4 Å². The molecule has 0 aliphatic heterocycles. The molecule has 3 rings (SSSR count). The lowest BCUT2D eigenvalue weighted by atomic mass is 10.0. The molecular weight excluding hydrogens is 644 g/mol. The predicted octanol–water partition coefficient (Wildman–Crippen LogP) is 2.90. The zero-order chi connectivity index (χ0) is 36.0. The average molecular weight is 687 g/mol. The molecule has 4 amide bonds. The van der Waals surface area contributed by atoms with Gasteiger partial charge in [-0.05, 0) is 81.1 Å². The molecule has 3 aromatic rings. The number of carbonyl (C=O) groups is 4. The van der Waals surface area contributed by atoms with Gasteiger partial charge in [0.25, 0.3) is 5.91 Å². The fraction of sp³-hybridized carbons (Fsp3) is 0.438. The molecule has 260 valence electrons. The number of sulfone groups is 1. The molecule has 0 radical (unpaired) electrons. The first-order valence-electron chi connectivity index (χ1n) is 15.0. The molecule has 0 spiro atoms. The number of carbonyl (C=O) groups excluding carboxylic acids is 4. The second kappa shape index (κ2) is 15.4. The highest BCUT2D eigenvalue weighted by atomic mass is 32.2. The highest BCUT2D eigenvalue weighted by Crippen LogP contribution is 2.21. The normalized spacial score (nSPS) is 13.0. The number of aromatic nitrogens is 2. The summed E-state index contributed by atoms with van der Waals surface area (Å²) in [6.07, 6.45) is 0.394. The molecule has 48 heavy (non-hydrogen) atoms. The van der Waals surface area contributed by atoms with E-state index >= 15 is 0 Å². The Morgan fingerprint density at radius 2 is 1.60 bits per heavy atom. The van der Waals surface area contributed by atoms with Gasteiger partial charge in [-0.25, -0.2) is 13.2 Å². The number of benzene rings is 2. The van der Waals surface area contributed by atoms with Gasteiger partial charge in [0.05, 0.1) is 6.61 Å². The van der Waals surface area contributed by atoms with Gasteiger partial charge in [-0.3, -0.25) is 14.4 Å². The molecule has 4 N–H and O–H groups in total. The van der Waals surface area contributed by atoms with Crippen molar-refractivity contribution in [2.24, 2.45) is 5.92 Å². The number of hydrogen-bond acceptors (Lipinski definition) is 11. The highest BCUT2D eigenvalue weighted by Gasteiger charge is 2.28. The second-order valence-corrected chi connectivity index (χ2v) is 14.5. The van der Waals surface area contributed by atoms with E-state index in [2.05, 4.69) is 26.1 Å². The van der Waals surface area contributed by atoms with Gasteiger partial charge in [0.15, 0.2) is 0 Å². The van der Waals surface area contributed by atoms with Gasteiger partial charge >= 0.3 is 11.3 Å². The van der Waals surface area contributed by atoms with Crippen LogP contribution in [0.25, 0.3) is 11.5 Å². The molecule has 0 saturated heterocycles. The van der Waals surface area contributed by atoms with Crippen LogP contribution in [0.1, 0.15) is 63.0 Å². The Kier molecular flexibility index (Phi) is 12.1. The number of hydrogen-bond donors (Lipinski definition) is 4. The Labute approximate surface area is 279 Å². The predicted molar refractivity (Wildman–Crippen MR) is 175 cm³/mol. The Balaban J connectivity index is 1.64. The zero-order valence-electron chi connectivity index (χ0n) is 28.2. The van der Waals surface area contributed by atoms with Crippen molar-refractivity contribution in [1.82, 2.24) is 25.7 Å². The molecular formula is C32H42N6O9S. The highest BCUT2D eigenvalue weighted by molar-refractivity contribution is 7.90. The third kappa shape index (κ3) is 10.3. The van der Waals surface area contributed by atoms with Gasteiger partial charge in [-0.2, -0.15) is 0 Å². The summed E-state index contributed by atoms with van der Waals surface area (Å²) in [7, 11) is -2.12. The van der Waals surface area contributed by atoms with Crippen molar-refractivity contribution in [3.05, 3.63) is 59.2 Å². The summed E-state index contributed by atoms with van der Waals surface area (Å²) in [6, 6.07) is 8.79. The monoisotopic (exact) mass is 686 g/mol. The number of rotatable bonds is 12. The average Bonchev–Trinajstić information content (AvgIpc) is 3.50. The summed E-state index contributed by atoms with van der Waals surface area (Å²) >= 11 is 0. The maximum Gasteiger partial charge on any atom is 0.410 e. The van der Waals surface area contributed by atoms with Crippen molar-refractivity contribution < 1.29 is 41.9 Å². The smallest absolute Gasteiger partial charge is 0.410 e. The standard InChI is InChI=1S/C32H42N6O9S/c1-18(2)25(35-27(41)20-9-11-21(12-10-20)29-36-37-30(46-29)48(8,44)45)28(42)33-19(3)26(40)34-24-14-13-22(17-39)23(15-24)16-38(7)31(43)47-32(4,5)6/h9-15,18-19,25,39H,16-17H2,1-8H3,(H,33,42)(H,34,40)(H,35,41)/t19-,25-/m0/s1. The lowest BCUT2D eigenvalue weighted by Gasteiger charge is -2.25. The summed E-state index contributed by atoms with van der Waals surface area (Å²) < 4.78 is 33.8. The van der Waals surface area contributed by atoms with E-state index in [1.807, 2.05) is 0 Å². The van der Waals surface area contributed by atoms with Crippen molar-refractivity contribution in [2.75, 3.05) is 18.6 Å². The van der Waals surface area contributed by atoms with Crippen LogP contribution in [0.15, 0.2) is 52.1 Å². The first-order valence-corrected chi connectivity index (χ1v) is 16.9. The number of nitrogens with zero attached hydrogens (tertiary/aromatic N) is 3. The number of aliphatic hydroxyl groups excluding tert-OH is 1. The second-order valence-electron chi connectivity index (χ2n) is 12.6. The largest absolute Gasteiger partial charge is 0.444 e. The summed E-state index contributed by atoms with van der Waals surface area (Å²) in [5.74, 6) is -2.04. The molecule has 16 heteroatoms. The van der Waals surface area contributed by atoms with Crippen molar-refractivity contribution in [2.45, 2.75) is 77.6 Å². The minimum absolute atomic E-state index is 0.0391. The van der Waals surface area contributed by atoms with Gasteiger partial charge in [-0.1, -0.05) is 25.0 Å². The van der Waals surface area contributed by atoms with Crippen molar-refractivity contribution in [1.29, 1.82) is 0 Å². The maximum absolute atomic E-state index is 13.2. The lowest BCUT2D eigenvalue weighted by Crippen LogP contribution is -2.53. The van der Waals surface area contributed by atoms with Gasteiger partial charge in [0, 0.05) is 36.7 Å². The van der Waals surface area contributed by atoms with Crippen LogP contribution in [0, 0.1) is 5.92 Å². The fourth-order valence-corrected chi connectivity index (χ4v) is 4.70. The third-order valence-electron chi connectivity index (χ3n) is 6.86. The van der Waals surface area contributed by atoms with Gasteiger partial charge in [0.1, 0.15) is 17.7 Å². The number of ether oxygens (including phenoxy) is 1. The van der Waals surface area contributed by atoms with Crippen LogP contribution < -0.4 is 16.0 Å². The number of aliphatic hydroxyl groups is 1. The van der Waals surface area contributed by atoms with Crippen molar-refractivity contribution >= 4 is 39.3 Å². The van der Waals surface area contributed by atoms with Gasteiger partial charge in [-0.15, -0.1) is 5.10 Å². The maximum atomic E-state index is 13.2. The van der Waals surface area contributed by atoms with Gasteiger partial charge < -0.3 is 35.1 Å². The van der Waals surface area contributed by atoms with Crippen LogP contribution in [0.4, 0.5) is 10.5 Å². The third-order valence-corrected chi connectivity index (χ3v) is 7.66. The van der Waals surface area contributed by atoms with E-state index in [1.165, 1.54) is 36.1 Å². The summed E-state index contributed by atoms with van der Waals surface area (Å²) in [4.78, 5) is 53.1. The van der Waals surface area contributed by atoms with E-state index in [9.17, 15) is 32.7 Å². The van der Waals surface area contributed by atoms with Crippen LogP contribution in [0.5, 0.6) is 0 Å². The van der Waals surface area contributed by atoms with Crippen molar-refractivity contribution in [3.63, 3.8) is 0 Å². The Bertz CT molecular complexity index is 1750. The minimum Gasteiger partial charge on any atom is -0.444 e. The molecule has 1 aromatic heterocycles. The lowest BCUT2D eigenvalue weighted by molar-refractivity contribution is -0.128. The molecule has 0 bridgehead atoms. The van der Waals surface area contributed by atoms with Crippen LogP contribution in [0.2, 0.25) is 0 Å². The molecule has 1 heterocycles. The van der Waals surface area contributed by atoms with E-state index in [1.54, 1.807) is 59.9 Å². The van der Waals surface area contributed by atoms with Crippen molar-refractivity contribution in [3.8, 4) is 11.5 Å². The summed E-state index contributed by atoms with van der Waals surface area (Å²) in [5, 5.41) is 24.6. The molecule has 0 saturated carbocycles. The van der Waals surface area contributed by atoms with E-state index in [-0.39, 0.29) is 30.5 Å². The SMILES string of the molecule is CC(C)[C@H](NC(=O)c1ccc(-c2nnc(S(C)(=O)=O)o2)cc1)C(=O)N[C@@H](C)C(=O)Nc1ccc(CO)c(CN(C)C(=O)OC(C)(C)C)c1. The van der Waals surface area contributed by atoms with E-state index in [4.69, 9.17) is 9.15 Å². The van der Waals surface area contributed by atoms with Crippen LogP contribution >= 0.6 is 0 Å². The Hall–Kier alpha value is -4.83. The quantitative estimate of drug-likeness (QED) is 0.218. The molecule has 0 aliphatic carbocycles. The molecule has 0 fully saturated rings. The molecule has 2 aromatic carbocycles. The topological polar surface area (TPSA) is 210 Å². The zero-order valence-corrected chi connectivity index (χ0v) is 29.0. The first-order chi connectivity index (χ1) is 22.3. The fourth-order valence-electron chi connectivity index (χ4n) is 4.28. The first kappa shape index (κ1) is 37.6. The molecule has 0 unspecified atom stereocenters. The van der Waals surface area contributed by atoms with Gasteiger partial charge in [0.2, 0.25) is 27.5 Å². The molecule has 15 nitrogen and oxygen atoms in total. The Morgan fingerprint density at radius 3 is 2.15 bits per heavy atom. The molecule has 2 atom stereocenters. The Morgan fingerprint density at radius 1 is 0.958 bits per heavy atom. The molecule has 0 aliphatic rings. The van der Waals surface area contributed by atoms with E-state index in [0.717, 1.165) is 6.26 Å². The van der Waals surface area contributed by atoms with Crippen LogP contribution in [0.3, 0.4) is 0 Å².